The largest absolute Gasteiger partial charge is 0.497 e. The van der Waals surface area contributed by atoms with Gasteiger partial charge in [0.15, 0.2) is 11.5 Å². The van der Waals surface area contributed by atoms with Crippen LogP contribution in [-0.2, 0) is 4.79 Å². The molecule has 3 aromatic rings. The van der Waals surface area contributed by atoms with Crippen molar-refractivity contribution in [2.24, 2.45) is 0 Å². The minimum atomic E-state index is -0.503. The van der Waals surface area contributed by atoms with E-state index in [0.717, 1.165) is 11.4 Å². The number of methoxy groups -OCH3 is 1. The molecule has 0 saturated carbocycles. The number of benzene rings is 3. The number of carbonyl (C=O) groups excluding carboxylic acids is 2. The third-order valence-corrected chi connectivity index (χ3v) is 5.08. The topological polar surface area (TPSA) is 97.9 Å². The number of rotatable bonds is 7. The lowest BCUT2D eigenvalue weighted by Crippen LogP contribution is -2.31. The smallest absolute Gasteiger partial charge is 0.255 e. The summed E-state index contributed by atoms with van der Waals surface area (Å²) in [5.41, 5.74) is 2.53. The van der Waals surface area contributed by atoms with Crippen molar-refractivity contribution in [3.05, 3.63) is 72.3 Å². The first-order valence-electron chi connectivity index (χ1n) is 10.5. The molecule has 0 aliphatic carbocycles. The van der Waals surface area contributed by atoms with Crippen molar-refractivity contribution in [3.63, 3.8) is 0 Å². The van der Waals surface area contributed by atoms with Crippen LogP contribution in [0.25, 0.3) is 0 Å². The molecule has 0 fully saturated rings. The fourth-order valence-corrected chi connectivity index (χ4v) is 3.28. The summed E-state index contributed by atoms with van der Waals surface area (Å²) in [6, 6.07) is 18.8. The zero-order chi connectivity index (χ0) is 23.2. The molecular formula is C25H25N3O5. The highest BCUT2D eigenvalue weighted by Gasteiger charge is 2.16. The molecule has 3 N–H and O–H groups in total. The van der Waals surface area contributed by atoms with Gasteiger partial charge in [0.05, 0.1) is 7.11 Å². The van der Waals surface area contributed by atoms with E-state index < -0.39 is 6.04 Å². The summed E-state index contributed by atoms with van der Waals surface area (Å²) in [5, 5.41) is 8.84. The number of carbonyl (C=O) groups is 2. The summed E-state index contributed by atoms with van der Waals surface area (Å²) in [6.45, 7) is 2.76. The Balaban J connectivity index is 1.32. The van der Waals surface area contributed by atoms with Crippen LogP contribution in [0.4, 0.5) is 17.1 Å². The second-order valence-electron chi connectivity index (χ2n) is 7.47. The Morgan fingerprint density at radius 3 is 2.15 bits per heavy atom. The van der Waals surface area contributed by atoms with Crippen LogP contribution in [-0.4, -0.2) is 38.2 Å². The van der Waals surface area contributed by atoms with E-state index in [1.807, 2.05) is 0 Å². The van der Waals surface area contributed by atoms with Crippen LogP contribution in [0.3, 0.4) is 0 Å². The van der Waals surface area contributed by atoms with Crippen molar-refractivity contribution in [3.8, 4) is 17.2 Å². The predicted octanol–water partition coefficient (Wildman–Crippen LogP) is 4.16. The molecule has 0 aromatic heterocycles. The van der Waals surface area contributed by atoms with Crippen LogP contribution < -0.4 is 30.2 Å². The van der Waals surface area contributed by atoms with E-state index in [-0.39, 0.29) is 11.8 Å². The highest BCUT2D eigenvalue weighted by molar-refractivity contribution is 6.04. The molecule has 33 heavy (non-hydrogen) atoms. The standard InChI is InChI=1S/C25H25N3O5/c1-16(24(29)28-20-9-12-22-23(15-20)33-14-13-32-22)26-18-5-3-17(4-6-18)25(30)27-19-7-10-21(31-2)11-8-19/h3-12,15-16,26H,13-14H2,1-2H3,(H,27,30)(H,28,29)/t16-/m0/s1. The van der Waals surface area contributed by atoms with Gasteiger partial charge in [-0.15, -0.1) is 0 Å². The van der Waals surface area contributed by atoms with E-state index in [1.54, 1.807) is 80.8 Å². The van der Waals surface area contributed by atoms with Crippen LogP contribution in [0, 0.1) is 0 Å². The van der Waals surface area contributed by atoms with Crippen LogP contribution in [0.5, 0.6) is 17.2 Å². The predicted molar refractivity (Wildman–Crippen MR) is 127 cm³/mol. The van der Waals surface area contributed by atoms with Gasteiger partial charge < -0.3 is 30.2 Å². The Labute approximate surface area is 191 Å². The van der Waals surface area contributed by atoms with Gasteiger partial charge in [-0.1, -0.05) is 0 Å². The van der Waals surface area contributed by atoms with Gasteiger partial charge in [0.2, 0.25) is 5.91 Å². The van der Waals surface area contributed by atoms with Crippen molar-refractivity contribution in [1.29, 1.82) is 0 Å². The Kier molecular flexibility index (Phi) is 6.64. The van der Waals surface area contributed by atoms with Gasteiger partial charge in [-0.2, -0.15) is 0 Å². The van der Waals surface area contributed by atoms with Crippen molar-refractivity contribution < 1.29 is 23.8 Å². The van der Waals surface area contributed by atoms with Crippen molar-refractivity contribution >= 4 is 28.9 Å². The third-order valence-electron chi connectivity index (χ3n) is 5.08. The lowest BCUT2D eigenvalue weighted by atomic mass is 10.1. The van der Waals surface area contributed by atoms with Gasteiger partial charge in [-0.3, -0.25) is 9.59 Å². The molecule has 2 amide bonds. The molecular weight excluding hydrogens is 422 g/mol. The average Bonchev–Trinajstić information content (AvgIpc) is 2.84. The molecule has 8 heteroatoms. The number of amides is 2. The second kappa shape index (κ2) is 9.95. The van der Waals surface area contributed by atoms with Crippen molar-refractivity contribution in [2.75, 3.05) is 36.3 Å². The molecule has 4 rings (SSSR count). The fraction of sp³-hybridized carbons (Fsp3) is 0.200. The van der Waals surface area contributed by atoms with Gasteiger partial charge in [0.25, 0.3) is 5.91 Å². The Morgan fingerprint density at radius 1 is 0.818 bits per heavy atom. The molecule has 1 heterocycles. The number of fused-ring (bicyclic) bond motifs is 1. The van der Waals surface area contributed by atoms with Gasteiger partial charge in [0.1, 0.15) is 25.0 Å². The molecule has 8 nitrogen and oxygen atoms in total. The fourth-order valence-electron chi connectivity index (χ4n) is 3.28. The van der Waals surface area contributed by atoms with E-state index in [4.69, 9.17) is 14.2 Å². The number of nitrogens with one attached hydrogen (secondary N) is 3. The molecule has 1 aliphatic rings. The maximum absolute atomic E-state index is 12.6. The Hall–Kier alpha value is -4.20. The second-order valence-corrected chi connectivity index (χ2v) is 7.47. The summed E-state index contributed by atoms with van der Waals surface area (Å²) in [5.74, 6) is 1.57. The Morgan fingerprint density at radius 2 is 1.45 bits per heavy atom. The van der Waals surface area contributed by atoms with E-state index in [9.17, 15) is 9.59 Å². The van der Waals surface area contributed by atoms with Gasteiger partial charge in [0, 0.05) is 28.7 Å². The maximum atomic E-state index is 12.6. The molecule has 0 spiro atoms. The van der Waals surface area contributed by atoms with E-state index in [1.165, 1.54) is 0 Å². The summed E-state index contributed by atoms with van der Waals surface area (Å²) in [6.07, 6.45) is 0. The Bertz CT molecular complexity index is 1130. The van der Waals surface area contributed by atoms with Crippen molar-refractivity contribution in [1.82, 2.24) is 0 Å². The van der Waals surface area contributed by atoms with E-state index >= 15 is 0 Å². The number of hydrogen-bond donors (Lipinski definition) is 3. The molecule has 170 valence electrons. The third kappa shape index (κ3) is 5.54. The highest BCUT2D eigenvalue weighted by Crippen LogP contribution is 2.32. The van der Waals surface area contributed by atoms with E-state index in [2.05, 4.69) is 16.0 Å². The lowest BCUT2D eigenvalue weighted by molar-refractivity contribution is -0.116. The molecule has 0 bridgehead atoms. The van der Waals surface area contributed by atoms with Gasteiger partial charge >= 0.3 is 0 Å². The lowest BCUT2D eigenvalue weighted by Gasteiger charge is -2.20. The summed E-state index contributed by atoms with van der Waals surface area (Å²) in [4.78, 5) is 25.1. The molecule has 0 radical (unpaired) electrons. The first kappa shape index (κ1) is 22.0. The maximum Gasteiger partial charge on any atom is 0.255 e. The van der Waals surface area contributed by atoms with Gasteiger partial charge in [-0.05, 0) is 67.6 Å². The molecule has 1 atom stereocenters. The number of anilines is 3. The van der Waals surface area contributed by atoms with Crippen LogP contribution in [0.2, 0.25) is 0 Å². The molecule has 3 aromatic carbocycles. The number of hydrogen-bond acceptors (Lipinski definition) is 6. The first-order chi connectivity index (χ1) is 16.0. The first-order valence-corrected chi connectivity index (χ1v) is 10.5. The highest BCUT2D eigenvalue weighted by atomic mass is 16.6. The van der Waals surface area contributed by atoms with Crippen LogP contribution in [0.15, 0.2) is 66.7 Å². The quantitative estimate of drug-likeness (QED) is 0.503. The zero-order valence-corrected chi connectivity index (χ0v) is 18.4. The summed E-state index contributed by atoms with van der Waals surface area (Å²) in [7, 11) is 1.59. The van der Waals surface area contributed by atoms with Gasteiger partial charge in [-0.25, -0.2) is 0 Å². The monoisotopic (exact) mass is 447 g/mol. The van der Waals surface area contributed by atoms with Crippen LogP contribution in [0.1, 0.15) is 17.3 Å². The summed E-state index contributed by atoms with van der Waals surface area (Å²) < 4.78 is 16.2. The SMILES string of the molecule is COc1ccc(NC(=O)c2ccc(N[C@@H](C)C(=O)Nc3ccc4c(c3)OCCO4)cc2)cc1. The zero-order valence-electron chi connectivity index (χ0n) is 18.4. The van der Waals surface area contributed by atoms with Crippen LogP contribution >= 0.6 is 0 Å². The van der Waals surface area contributed by atoms with E-state index in [0.29, 0.717) is 41.7 Å². The molecule has 0 saturated heterocycles. The minimum Gasteiger partial charge on any atom is -0.497 e. The molecule has 0 unspecified atom stereocenters. The number of ether oxygens (including phenoxy) is 3. The normalized spacial score (nSPS) is 12.9. The minimum absolute atomic E-state index is 0.201. The molecule has 1 aliphatic heterocycles. The average molecular weight is 447 g/mol. The van der Waals surface area contributed by atoms with Crippen molar-refractivity contribution in [2.45, 2.75) is 13.0 Å². The summed E-state index contributed by atoms with van der Waals surface area (Å²) >= 11 is 0.